The Balaban J connectivity index is 0.00000392. The number of rotatable bonds is 9. The lowest BCUT2D eigenvalue weighted by molar-refractivity contribution is -0.135. The Labute approximate surface area is 181 Å². The maximum Gasteiger partial charge on any atom is 0.389 e. The van der Waals surface area contributed by atoms with E-state index in [0.717, 1.165) is 29.8 Å². The molecule has 5 nitrogen and oxygen atoms in total. The molecule has 28 heavy (non-hydrogen) atoms. The van der Waals surface area contributed by atoms with Gasteiger partial charge in [-0.2, -0.15) is 13.2 Å². The molecule has 2 rings (SSSR count). The first kappa shape index (κ1) is 24.5. The van der Waals surface area contributed by atoms with Gasteiger partial charge in [0.05, 0.1) is 11.0 Å². The van der Waals surface area contributed by atoms with E-state index in [4.69, 9.17) is 0 Å². The van der Waals surface area contributed by atoms with E-state index in [1.807, 2.05) is 32.0 Å². The van der Waals surface area contributed by atoms with Gasteiger partial charge in [-0.25, -0.2) is 4.98 Å². The van der Waals surface area contributed by atoms with Gasteiger partial charge in [0, 0.05) is 32.6 Å². The van der Waals surface area contributed by atoms with Crippen molar-refractivity contribution in [1.82, 2.24) is 20.2 Å². The van der Waals surface area contributed by atoms with Crippen molar-refractivity contribution in [1.29, 1.82) is 0 Å². The van der Waals surface area contributed by atoms with Crippen molar-refractivity contribution < 1.29 is 13.2 Å². The number of nitrogens with one attached hydrogen (secondary N) is 2. The van der Waals surface area contributed by atoms with Crippen LogP contribution < -0.4 is 10.6 Å². The second kappa shape index (κ2) is 12.1. The Morgan fingerprint density at radius 2 is 1.89 bits per heavy atom. The van der Waals surface area contributed by atoms with Gasteiger partial charge in [0.1, 0.15) is 5.82 Å². The minimum Gasteiger partial charge on any atom is -0.357 e. The molecule has 0 fully saturated rings. The van der Waals surface area contributed by atoms with Gasteiger partial charge < -0.3 is 15.2 Å². The highest BCUT2D eigenvalue weighted by Crippen LogP contribution is 2.21. The second-order valence-corrected chi connectivity index (χ2v) is 6.41. The Bertz CT molecular complexity index is 743. The van der Waals surface area contributed by atoms with Gasteiger partial charge in [-0.1, -0.05) is 12.1 Å². The molecule has 1 aromatic carbocycles. The van der Waals surface area contributed by atoms with Crippen LogP contribution in [0.1, 0.15) is 38.4 Å². The summed E-state index contributed by atoms with van der Waals surface area (Å²) in [6.07, 6.45) is -3.37. The highest BCUT2D eigenvalue weighted by atomic mass is 127. The molecule has 158 valence electrons. The molecule has 0 unspecified atom stereocenters. The summed E-state index contributed by atoms with van der Waals surface area (Å²) >= 11 is 0. The smallest absolute Gasteiger partial charge is 0.357 e. The molecule has 1 aromatic heterocycles. The first-order chi connectivity index (χ1) is 12.9. The Morgan fingerprint density at radius 1 is 1.14 bits per heavy atom. The molecule has 0 spiro atoms. The number of benzene rings is 1. The van der Waals surface area contributed by atoms with Crippen LogP contribution in [0.4, 0.5) is 13.2 Å². The third-order valence-electron chi connectivity index (χ3n) is 4.18. The highest BCUT2D eigenvalue weighted by Gasteiger charge is 2.25. The molecule has 9 heteroatoms. The van der Waals surface area contributed by atoms with Gasteiger partial charge >= 0.3 is 6.18 Å². The lowest BCUT2D eigenvalue weighted by Gasteiger charge is -2.12. The number of hydrogen-bond donors (Lipinski definition) is 2. The number of unbranched alkanes of at least 4 members (excludes halogenated alkanes) is 1. The van der Waals surface area contributed by atoms with E-state index in [0.29, 0.717) is 32.0 Å². The van der Waals surface area contributed by atoms with Gasteiger partial charge in [-0.15, -0.1) is 24.0 Å². The predicted octanol–water partition coefficient (Wildman–Crippen LogP) is 4.64. The molecule has 0 aliphatic heterocycles. The fourth-order valence-corrected chi connectivity index (χ4v) is 2.90. The number of guanidine groups is 1. The van der Waals surface area contributed by atoms with Crippen molar-refractivity contribution in [2.24, 2.45) is 4.99 Å². The summed E-state index contributed by atoms with van der Waals surface area (Å²) in [5.74, 6) is 1.63. The van der Waals surface area contributed by atoms with E-state index in [2.05, 4.69) is 31.2 Å². The fraction of sp³-hybridized carbons (Fsp3) is 0.579. The number of hydrogen-bond acceptors (Lipinski definition) is 2. The van der Waals surface area contributed by atoms with Crippen LogP contribution >= 0.6 is 24.0 Å². The molecule has 0 atom stereocenters. The van der Waals surface area contributed by atoms with Crippen LogP contribution in [0.2, 0.25) is 0 Å². The van der Waals surface area contributed by atoms with Crippen LogP contribution in [0.5, 0.6) is 0 Å². The summed E-state index contributed by atoms with van der Waals surface area (Å²) < 4.78 is 38.6. The van der Waals surface area contributed by atoms with Crippen molar-refractivity contribution in [2.45, 2.75) is 52.3 Å². The average molecular weight is 511 g/mol. The van der Waals surface area contributed by atoms with Gasteiger partial charge in [-0.05, 0) is 45.2 Å². The highest BCUT2D eigenvalue weighted by molar-refractivity contribution is 14.0. The molecular weight excluding hydrogens is 482 g/mol. The van der Waals surface area contributed by atoms with Gasteiger partial charge in [0.25, 0.3) is 0 Å². The molecule has 0 radical (unpaired) electrons. The number of aryl methyl sites for hydroxylation is 2. The van der Waals surface area contributed by atoms with Gasteiger partial charge in [-0.3, -0.25) is 4.99 Å². The summed E-state index contributed by atoms with van der Waals surface area (Å²) in [6, 6.07) is 8.05. The number of aromatic nitrogens is 2. The lowest BCUT2D eigenvalue weighted by Crippen LogP contribution is -2.38. The first-order valence-corrected chi connectivity index (χ1v) is 9.41. The van der Waals surface area contributed by atoms with Gasteiger partial charge in [0.15, 0.2) is 5.96 Å². The Kier molecular flexibility index (Phi) is 10.6. The summed E-state index contributed by atoms with van der Waals surface area (Å²) in [6.45, 7) is 6.59. The zero-order valence-corrected chi connectivity index (χ0v) is 18.7. The van der Waals surface area contributed by atoms with E-state index >= 15 is 0 Å². The molecule has 2 N–H and O–H groups in total. The predicted molar refractivity (Wildman–Crippen MR) is 118 cm³/mol. The molecule has 0 amide bonds. The van der Waals surface area contributed by atoms with Crippen LogP contribution in [0, 0.1) is 6.92 Å². The summed E-state index contributed by atoms with van der Waals surface area (Å²) in [7, 11) is 0. The summed E-state index contributed by atoms with van der Waals surface area (Å²) in [5.41, 5.74) is 2.11. The van der Waals surface area contributed by atoms with Crippen molar-refractivity contribution >= 4 is 41.0 Å². The van der Waals surface area contributed by atoms with Crippen LogP contribution in [0.25, 0.3) is 11.0 Å². The normalized spacial score (nSPS) is 12.1. The molecular formula is C19H29F3IN5. The number of para-hydroxylation sites is 2. The van der Waals surface area contributed by atoms with Crippen LogP contribution in [-0.4, -0.2) is 41.3 Å². The van der Waals surface area contributed by atoms with E-state index in [1.165, 1.54) is 0 Å². The summed E-state index contributed by atoms with van der Waals surface area (Å²) in [5, 5.41) is 6.22. The van der Waals surface area contributed by atoms with E-state index < -0.39 is 12.6 Å². The number of nitrogens with zero attached hydrogens (tertiary/aromatic N) is 3. The molecule has 0 saturated heterocycles. The van der Waals surface area contributed by atoms with Crippen molar-refractivity contribution in [2.75, 3.05) is 19.6 Å². The second-order valence-electron chi connectivity index (χ2n) is 6.41. The quantitative estimate of drug-likeness (QED) is 0.223. The van der Waals surface area contributed by atoms with E-state index in [-0.39, 0.29) is 30.4 Å². The standard InChI is InChI=1S/C19H28F3N5.HI/c1-3-23-18(24-12-7-6-11-19(20,21)22)25-13-8-14-27-15(2)26-16-9-4-5-10-17(16)27;/h4-5,9-10H,3,6-8,11-14H2,1-2H3,(H2,23,24,25);1H. The largest absolute Gasteiger partial charge is 0.389 e. The molecule has 2 aromatic rings. The van der Waals surface area contributed by atoms with Gasteiger partial charge in [0.2, 0.25) is 0 Å². The zero-order valence-electron chi connectivity index (χ0n) is 16.4. The van der Waals surface area contributed by atoms with Crippen molar-refractivity contribution in [3.63, 3.8) is 0 Å². The first-order valence-electron chi connectivity index (χ1n) is 9.41. The number of alkyl halides is 3. The van der Waals surface area contributed by atoms with Crippen LogP contribution in [-0.2, 0) is 6.54 Å². The Morgan fingerprint density at radius 3 is 2.61 bits per heavy atom. The minimum atomic E-state index is -4.08. The average Bonchev–Trinajstić information content (AvgIpc) is 2.92. The topological polar surface area (TPSA) is 54.2 Å². The summed E-state index contributed by atoms with van der Waals surface area (Å²) in [4.78, 5) is 9.06. The monoisotopic (exact) mass is 511 g/mol. The molecule has 0 bridgehead atoms. The fourth-order valence-electron chi connectivity index (χ4n) is 2.90. The third kappa shape index (κ3) is 8.24. The van der Waals surface area contributed by atoms with E-state index in [1.54, 1.807) is 0 Å². The molecule has 0 aliphatic carbocycles. The molecule has 0 aliphatic rings. The SMILES string of the molecule is CCNC(=NCCCn1c(C)nc2ccccc21)NCCCCC(F)(F)F.I. The maximum absolute atomic E-state index is 12.1. The minimum absolute atomic E-state index is 0. The number of aliphatic imine (C=N–C) groups is 1. The van der Waals surface area contributed by atoms with E-state index in [9.17, 15) is 13.2 Å². The van der Waals surface area contributed by atoms with Crippen molar-refractivity contribution in [3.8, 4) is 0 Å². The number of fused-ring (bicyclic) bond motifs is 1. The van der Waals surface area contributed by atoms with Crippen LogP contribution in [0.15, 0.2) is 29.3 Å². The number of halogens is 4. The zero-order chi connectivity index (χ0) is 19.7. The third-order valence-corrected chi connectivity index (χ3v) is 4.18. The maximum atomic E-state index is 12.1. The Hall–Kier alpha value is -1.52. The number of imidazole rings is 1. The molecule has 0 saturated carbocycles. The van der Waals surface area contributed by atoms with Crippen molar-refractivity contribution in [3.05, 3.63) is 30.1 Å². The lowest BCUT2D eigenvalue weighted by atomic mass is 10.2. The van der Waals surface area contributed by atoms with Crippen LogP contribution in [0.3, 0.4) is 0 Å². The molecule has 1 heterocycles.